The van der Waals surface area contributed by atoms with Crippen LogP contribution in [-0.2, 0) is 6.54 Å². The van der Waals surface area contributed by atoms with Gasteiger partial charge in [-0.05, 0) is 25.9 Å². The summed E-state index contributed by atoms with van der Waals surface area (Å²) in [4.78, 5) is 11.0. The lowest BCUT2D eigenvalue weighted by atomic mass is 10.2. The van der Waals surface area contributed by atoms with E-state index in [1.54, 1.807) is 0 Å². The fourth-order valence-corrected chi connectivity index (χ4v) is 2.50. The zero-order chi connectivity index (χ0) is 12.8. The summed E-state index contributed by atoms with van der Waals surface area (Å²) >= 11 is 0. The molecular weight excluding hydrogens is 226 g/mol. The minimum atomic E-state index is 0.673. The first kappa shape index (κ1) is 13.2. The summed E-state index contributed by atoms with van der Waals surface area (Å²) in [6, 6.07) is 0.701. The van der Waals surface area contributed by atoms with Gasteiger partial charge in [0.05, 0.1) is 0 Å². The van der Waals surface area contributed by atoms with E-state index in [2.05, 4.69) is 32.4 Å². The number of hydrogen-bond acceptors (Lipinski definition) is 5. The number of nitrogens with one attached hydrogen (secondary N) is 2. The largest absolute Gasteiger partial charge is 0.357 e. The third-order valence-electron chi connectivity index (χ3n) is 3.54. The Kier molecular flexibility index (Phi) is 4.90. The molecule has 0 amide bonds. The van der Waals surface area contributed by atoms with Gasteiger partial charge in [-0.2, -0.15) is 0 Å². The second-order valence-electron chi connectivity index (χ2n) is 4.72. The van der Waals surface area contributed by atoms with Gasteiger partial charge in [0.1, 0.15) is 0 Å². The van der Waals surface area contributed by atoms with E-state index < -0.39 is 0 Å². The summed E-state index contributed by atoms with van der Waals surface area (Å²) in [5.74, 6) is 0.673. The first-order valence-corrected chi connectivity index (χ1v) is 6.77. The molecule has 1 aliphatic heterocycles. The first-order valence-electron chi connectivity index (χ1n) is 6.77. The molecule has 2 heterocycles. The lowest BCUT2D eigenvalue weighted by Crippen LogP contribution is -2.37. The highest BCUT2D eigenvalue weighted by atomic mass is 15.2. The van der Waals surface area contributed by atoms with Crippen LogP contribution in [0.4, 0.5) is 5.95 Å². The van der Waals surface area contributed by atoms with Gasteiger partial charge in [0, 0.05) is 44.1 Å². The lowest BCUT2D eigenvalue weighted by Gasteiger charge is -2.22. The normalized spacial score (nSPS) is 20.2. The maximum Gasteiger partial charge on any atom is 0.222 e. The van der Waals surface area contributed by atoms with Gasteiger partial charge < -0.3 is 10.6 Å². The average molecular weight is 249 g/mol. The summed E-state index contributed by atoms with van der Waals surface area (Å²) < 4.78 is 0. The Morgan fingerprint density at radius 3 is 2.83 bits per heavy atom. The molecule has 18 heavy (non-hydrogen) atoms. The van der Waals surface area contributed by atoms with Crippen molar-refractivity contribution < 1.29 is 0 Å². The van der Waals surface area contributed by atoms with E-state index in [1.807, 2.05) is 19.4 Å². The van der Waals surface area contributed by atoms with Crippen LogP contribution in [0.2, 0.25) is 0 Å². The molecule has 0 unspecified atom stereocenters. The molecule has 0 aromatic carbocycles. The van der Waals surface area contributed by atoms with Gasteiger partial charge in [-0.15, -0.1) is 0 Å². The van der Waals surface area contributed by atoms with Crippen LogP contribution in [0.25, 0.3) is 0 Å². The SMILES string of the molecule is CCN1CCC[C@H]1CNCc1cnc(NC)nc1. The number of nitrogens with zero attached hydrogens (tertiary/aromatic N) is 3. The van der Waals surface area contributed by atoms with Gasteiger partial charge in [-0.25, -0.2) is 9.97 Å². The molecule has 0 aliphatic carbocycles. The zero-order valence-electron chi connectivity index (χ0n) is 11.3. The molecule has 5 nitrogen and oxygen atoms in total. The summed E-state index contributed by atoms with van der Waals surface area (Å²) in [5, 5.41) is 6.42. The van der Waals surface area contributed by atoms with Crippen molar-refractivity contribution in [1.82, 2.24) is 20.2 Å². The Bertz CT molecular complexity index is 351. The highest BCUT2D eigenvalue weighted by Gasteiger charge is 2.21. The fraction of sp³-hybridized carbons (Fsp3) is 0.692. The summed E-state index contributed by atoms with van der Waals surface area (Å²) in [6.45, 7) is 6.55. The average Bonchev–Trinajstić information content (AvgIpc) is 2.87. The van der Waals surface area contributed by atoms with Crippen LogP contribution < -0.4 is 10.6 Å². The van der Waals surface area contributed by atoms with Crippen molar-refractivity contribution in [2.75, 3.05) is 32.0 Å². The van der Waals surface area contributed by atoms with E-state index in [4.69, 9.17) is 0 Å². The van der Waals surface area contributed by atoms with Crippen molar-refractivity contribution in [1.29, 1.82) is 0 Å². The first-order chi connectivity index (χ1) is 8.83. The van der Waals surface area contributed by atoms with Crippen LogP contribution in [0.1, 0.15) is 25.3 Å². The number of hydrogen-bond donors (Lipinski definition) is 2. The highest BCUT2D eigenvalue weighted by Crippen LogP contribution is 2.15. The van der Waals surface area contributed by atoms with Crippen LogP contribution in [0.15, 0.2) is 12.4 Å². The molecule has 0 spiro atoms. The van der Waals surface area contributed by atoms with E-state index in [9.17, 15) is 0 Å². The number of anilines is 1. The molecule has 1 aliphatic rings. The smallest absolute Gasteiger partial charge is 0.222 e. The fourth-order valence-electron chi connectivity index (χ4n) is 2.50. The van der Waals surface area contributed by atoms with Crippen LogP contribution in [0, 0.1) is 0 Å². The predicted molar refractivity (Wildman–Crippen MR) is 73.6 cm³/mol. The van der Waals surface area contributed by atoms with E-state index >= 15 is 0 Å². The Hall–Kier alpha value is -1.20. The maximum absolute atomic E-state index is 4.21. The number of aromatic nitrogens is 2. The van der Waals surface area contributed by atoms with Crippen molar-refractivity contribution in [3.8, 4) is 0 Å². The summed E-state index contributed by atoms with van der Waals surface area (Å²) in [5.41, 5.74) is 1.13. The molecule has 2 N–H and O–H groups in total. The van der Waals surface area contributed by atoms with Gasteiger partial charge in [0.2, 0.25) is 5.95 Å². The molecule has 1 fully saturated rings. The molecule has 1 aromatic rings. The Morgan fingerprint density at radius 1 is 1.39 bits per heavy atom. The van der Waals surface area contributed by atoms with Gasteiger partial charge >= 0.3 is 0 Å². The Balaban J connectivity index is 1.74. The van der Waals surface area contributed by atoms with E-state index in [1.165, 1.54) is 19.4 Å². The Labute approximate surface area is 109 Å². The number of rotatable bonds is 6. The minimum absolute atomic E-state index is 0.673. The van der Waals surface area contributed by atoms with Crippen molar-refractivity contribution in [2.24, 2.45) is 0 Å². The molecule has 100 valence electrons. The van der Waals surface area contributed by atoms with Gasteiger partial charge in [0.15, 0.2) is 0 Å². The summed E-state index contributed by atoms with van der Waals surface area (Å²) in [7, 11) is 1.83. The van der Waals surface area contributed by atoms with Crippen LogP contribution in [0.5, 0.6) is 0 Å². The molecule has 2 rings (SSSR count). The lowest BCUT2D eigenvalue weighted by molar-refractivity contribution is 0.260. The van der Waals surface area contributed by atoms with E-state index in [-0.39, 0.29) is 0 Å². The van der Waals surface area contributed by atoms with Crippen LogP contribution in [0.3, 0.4) is 0 Å². The second-order valence-corrected chi connectivity index (χ2v) is 4.72. The van der Waals surface area contributed by atoms with Crippen LogP contribution in [-0.4, -0.2) is 47.6 Å². The molecule has 1 saturated heterocycles. The third kappa shape index (κ3) is 3.40. The maximum atomic E-state index is 4.21. The number of likely N-dealkylation sites (tertiary alicyclic amines) is 1. The van der Waals surface area contributed by atoms with Crippen molar-refractivity contribution in [2.45, 2.75) is 32.4 Å². The molecule has 1 aromatic heterocycles. The van der Waals surface area contributed by atoms with Gasteiger partial charge in [-0.3, -0.25) is 4.90 Å². The predicted octanol–water partition coefficient (Wildman–Crippen LogP) is 1.09. The molecule has 1 atom stereocenters. The molecule has 0 saturated carbocycles. The Morgan fingerprint density at radius 2 is 2.17 bits per heavy atom. The summed E-state index contributed by atoms with van der Waals surface area (Å²) in [6.07, 6.45) is 6.40. The molecule has 5 heteroatoms. The van der Waals surface area contributed by atoms with E-state index in [0.717, 1.165) is 25.2 Å². The second kappa shape index (κ2) is 6.66. The topological polar surface area (TPSA) is 53.1 Å². The van der Waals surface area contributed by atoms with Crippen molar-refractivity contribution in [3.05, 3.63) is 18.0 Å². The highest BCUT2D eigenvalue weighted by molar-refractivity contribution is 5.23. The number of likely N-dealkylation sites (N-methyl/N-ethyl adjacent to an activating group) is 1. The molecule has 0 radical (unpaired) electrons. The molecule has 0 bridgehead atoms. The van der Waals surface area contributed by atoms with E-state index in [0.29, 0.717) is 12.0 Å². The monoisotopic (exact) mass is 249 g/mol. The van der Waals surface area contributed by atoms with Crippen LogP contribution >= 0.6 is 0 Å². The quantitative estimate of drug-likeness (QED) is 0.790. The third-order valence-corrected chi connectivity index (χ3v) is 3.54. The minimum Gasteiger partial charge on any atom is -0.357 e. The standard InChI is InChI=1S/C13H23N5/c1-3-18-6-4-5-12(18)10-15-7-11-8-16-13(14-2)17-9-11/h8-9,12,15H,3-7,10H2,1-2H3,(H,14,16,17)/t12-/m0/s1. The molecular formula is C13H23N5. The van der Waals surface area contributed by atoms with Crippen molar-refractivity contribution in [3.63, 3.8) is 0 Å². The van der Waals surface area contributed by atoms with Gasteiger partial charge in [0.25, 0.3) is 0 Å². The van der Waals surface area contributed by atoms with Crippen molar-refractivity contribution >= 4 is 5.95 Å². The van der Waals surface area contributed by atoms with Gasteiger partial charge in [-0.1, -0.05) is 6.92 Å². The zero-order valence-corrected chi connectivity index (χ0v) is 11.3.